The third-order valence-electron chi connectivity index (χ3n) is 1.67. The van der Waals surface area contributed by atoms with E-state index in [1.54, 1.807) is 14.0 Å². The van der Waals surface area contributed by atoms with E-state index >= 15 is 0 Å². The van der Waals surface area contributed by atoms with Crippen LogP contribution in [0.2, 0.25) is 5.02 Å². The van der Waals surface area contributed by atoms with Crippen LogP contribution in [0.1, 0.15) is 16.1 Å². The van der Waals surface area contributed by atoms with E-state index < -0.39 is 0 Å². The average molecular weight is 200 g/mol. The maximum Gasteiger partial charge on any atom is 0.252 e. The zero-order valence-electron chi connectivity index (χ0n) is 7.39. The molecule has 0 radical (unpaired) electrons. The molecule has 0 saturated heterocycles. The van der Waals surface area contributed by atoms with Crippen molar-refractivity contribution in [3.8, 4) is 0 Å². The van der Waals surface area contributed by atoms with Crippen LogP contribution >= 0.6 is 11.6 Å². The van der Waals surface area contributed by atoms with Gasteiger partial charge >= 0.3 is 0 Å². The van der Waals surface area contributed by atoms with Crippen molar-refractivity contribution in [3.63, 3.8) is 0 Å². The highest BCUT2D eigenvalue weighted by molar-refractivity contribution is 6.33. The van der Waals surface area contributed by atoms with Gasteiger partial charge in [0.1, 0.15) is 5.82 Å². The summed E-state index contributed by atoms with van der Waals surface area (Å²) < 4.78 is 0. The number of aryl methyl sites for hydroxylation is 1. The van der Waals surface area contributed by atoms with Crippen molar-refractivity contribution in [2.75, 3.05) is 12.8 Å². The molecule has 0 unspecified atom stereocenters. The third kappa shape index (κ3) is 1.89. The van der Waals surface area contributed by atoms with Gasteiger partial charge in [-0.25, -0.2) is 4.98 Å². The summed E-state index contributed by atoms with van der Waals surface area (Å²) in [7, 11) is 1.55. The largest absolute Gasteiger partial charge is 0.382 e. The van der Waals surface area contributed by atoms with Gasteiger partial charge in [0.25, 0.3) is 5.91 Å². The van der Waals surface area contributed by atoms with Gasteiger partial charge in [-0.05, 0) is 13.0 Å². The maximum atomic E-state index is 11.2. The minimum absolute atomic E-state index is 0.216. The van der Waals surface area contributed by atoms with Crippen molar-refractivity contribution in [1.82, 2.24) is 10.3 Å². The van der Waals surface area contributed by atoms with Crippen LogP contribution < -0.4 is 11.1 Å². The molecule has 1 aromatic rings. The summed E-state index contributed by atoms with van der Waals surface area (Å²) in [6.45, 7) is 1.71. The topological polar surface area (TPSA) is 68.0 Å². The molecule has 1 rings (SSSR count). The SMILES string of the molecule is CNC(=O)c1cc(Cl)c(N)nc1C. The quantitative estimate of drug-likeness (QED) is 0.709. The van der Waals surface area contributed by atoms with Gasteiger partial charge in [0.05, 0.1) is 16.3 Å². The molecule has 0 bridgehead atoms. The second-order valence-corrected chi connectivity index (χ2v) is 2.97. The fourth-order valence-corrected chi connectivity index (χ4v) is 1.12. The van der Waals surface area contributed by atoms with Crippen molar-refractivity contribution >= 4 is 23.3 Å². The number of hydrogen-bond donors (Lipinski definition) is 2. The number of anilines is 1. The summed E-state index contributed by atoms with van der Waals surface area (Å²) in [4.78, 5) is 15.2. The molecule has 0 aliphatic carbocycles. The third-order valence-corrected chi connectivity index (χ3v) is 1.97. The lowest BCUT2D eigenvalue weighted by Gasteiger charge is -2.05. The van der Waals surface area contributed by atoms with E-state index in [0.717, 1.165) is 0 Å². The Kier molecular flexibility index (Phi) is 2.72. The monoisotopic (exact) mass is 199 g/mol. The summed E-state index contributed by atoms with van der Waals surface area (Å²) in [6, 6.07) is 1.51. The molecule has 4 nitrogen and oxygen atoms in total. The normalized spacial score (nSPS) is 9.77. The number of carbonyl (C=O) groups is 1. The Balaban J connectivity index is 3.23. The van der Waals surface area contributed by atoms with Crippen molar-refractivity contribution in [3.05, 3.63) is 22.3 Å². The van der Waals surface area contributed by atoms with Crippen molar-refractivity contribution in [1.29, 1.82) is 0 Å². The van der Waals surface area contributed by atoms with Gasteiger partial charge in [-0.3, -0.25) is 4.79 Å². The Hall–Kier alpha value is -1.29. The molecule has 13 heavy (non-hydrogen) atoms. The molecule has 70 valence electrons. The van der Waals surface area contributed by atoms with Gasteiger partial charge in [0.2, 0.25) is 0 Å². The predicted octanol–water partition coefficient (Wildman–Crippen LogP) is 0.985. The molecule has 0 aliphatic heterocycles. The second-order valence-electron chi connectivity index (χ2n) is 2.57. The van der Waals surface area contributed by atoms with Crippen LogP contribution in [0.15, 0.2) is 6.07 Å². The molecule has 5 heteroatoms. The number of hydrogen-bond acceptors (Lipinski definition) is 3. The lowest BCUT2D eigenvalue weighted by molar-refractivity contribution is 0.0962. The van der Waals surface area contributed by atoms with Gasteiger partial charge in [0, 0.05) is 7.05 Å². The average Bonchev–Trinajstić information content (AvgIpc) is 2.10. The van der Waals surface area contributed by atoms with E-state index in [4.69, 9.17) is 17.3 Å². The number of nitrogens with two attached hydrogens (primary N) is 1. The van der Waals surface area contributed by atoms with Crippen LogP contribution in [-0.2, 0) is 0 Å². The van der Waals surface area contributed by atoms with Crippen molar-refractivity contribution < 1.29 is 4.79 Å². The summed E-state index contributed by atoms with van der Waals surface area (Å²) in [5, 5.41) is 2.79. The Bertz CT molecular complexity index is 351. The van der Waals surface area contributed by atoms with Crippen LogP contribution in [0.5, 0.6) is 0 Å². The minimum Gasteiger partial charge on any atom is -0.382 e. The Labute approximate surface area is 81.1 Å². The summed E-state index contributed by atoms with van der Waals surface area (Å²) in [5.74, 6) is 0.0266. The zero-order valence-corrected chi connectivity index (χ0v) is 8.14. The Morgan fingerprint density at radius 3 is 2.85 bits per heavy atom. The second kappa shape index (κ2) is 3.62. The van der Waals surface area contributed by atoms with Crippen molar-refractivity contribution in [2.24, 2.45) is 0 Å². The first-order valence-electron chi connectivity index (χ1n) is 3.71. The molecule has 0 spiro atoms. The predicted molar refractivity (Wildman–Crippen MR) is 51.8 cm³/mol. The molecule has 0 aromatic carbocycles. The summed E-state index contributed by atoms with van der Waals surface area (Å²) in [6.07, 6.45) is 0. The Morgan fingerprint density at radius 1 is 1.69 bits per heavy atom. The molecule has 1 amide bonds. The highest BCUT2D eigenvalue weighted by Crippen LogP contribution is 2.19. The summed E-state index contributed by atoms with van der Waals surface area (Å²) >= 11 is 5.72. The number of amides is 1. The number of pyridine rings is 1. The molecule has 0 fully saturated rings. The number of aromatic nitrogens is 1. The highest BCUT2D eigenvalue weighted by Gasteiger charge is 2.10. The van der Waals surface area contributed by atoms with Crippen LogP contribution in [0.3, 0.4) is 0 Å². The lowest BCUT2D eigenvalue weighted by Crippen LogP contribution is -2.19. The first kappa shape index (κ1) is 9.80. The molecule has 0 aliphatic rings. The van der Waals surface area contributed by atoms with Crippen LogP contribution in [-0.4, -0.2) is 17.9 Å². The van der Waals surface area contributed by atoms with E-state index in [-0.39, 0.29) is 11.7 Å². The van der Waals surface area contributed by atoms with Gasteiger partial charge in [-0.15, -0.1) is 0 Å². The fraction of sp³-hybridized carbons (Fsp3) is 0.250. The molecule has 1 aromatic heterocycles. The molecule has 1 heterocycles. The smallest absolute Gasteiger partial charge is 0.252 e. The number of nitrogens with zero attached hydrogens (tertiary/aromatic N) is 1. The van der Waals surface area contributed by atoms with Crippen LogP contribution in [0.25, 0.3) is 0 Å². The fourth-order valence-electron chi connectivity index (χ4n) is 0.964. The van der Waals surface area contributed by atoms with E-state index in [0.29, 0.717) is 16.3 Å². The van der Waals surface area contributed by atoms with E-state index in [1.165, 1.54) is 6.07 Å². The number of nitrogen functional groups attached to an aromatic ring is 1. The first-order chi connectivity index (χ1) is 6.06. The van der Waals surface area contributed by atoms with Gasteiger partial charge < -0.3 is 11.1 Å². The molecular formula is C8H10ClN3O. The van der Waals surface area contributed by atoms with Crippen LogP contribution in [0, 0.1) is 6.92 Å². The number of halogens is 1. The van der Waals surface area contributed by atoms with Gasteiger partial charge in [-0.1, -0.05) is 11.6 Å². The standard InChI is InChI=1S/C8H10ClN3O/c1-4-5(8(13)11-2)3-6(9)7(10)12-4/h3H,1-2H3,(H2,10,12)(H,11,13). The minimum atomic E-state index is -0.216. The molecule has 0 atom stereocenters. The zero-order chi connectivity index (χ0) is 10.0. The Morgan fingerprint density at radius 2 is 2.31 bits per heavy atom. The number of rotatable bonds is 1. The van der Waals surface area contributed by atoms with E-state index in [2.05, 4.69) is 10.3 Å². The number of nitrogens with one attached hydrogen (secondary N) is 1. The maximum absolute atomic E-state index is 11.2. The first-order valence-corrected chi connectivity index (χ1v) is 4.08. The van der Waals surface area contributed by atoms with Crippen LogP contribution in [0.4, 0.5) is 5.82 Å². The van der Waals surface area contributed by atoms with Gasteiger partial charge in [0.15, 0.2) is 0 Å². The molecule has 0 saturated carbocycles. The van der Waals surface area contributed by atoms with Crippen molar-refractivity contribution in [2.45, 2.75) is 6.92 Å². The van der Waals surface area contributed by atoms with E-state index in [9.17, 15) is 4.79 Å². The summed E-state index contributed by atoms with van der Waals surface area (Å²) in [5.41, 5.74) is 6.47. The van der Waals surface area contributed by atoms with E-state index in [1.807, 2.05) is 0 Å². The molecule has 3 N–H and O–H groups in total. The van der Waals surface area contributed by atoms with Gasteiger partial charge in [-0.2, -0.15) is 0 Å². The molecular weight excluding hydrogens is 190 g/mol. The highest BCUT2D eigenvalue weighted by atomic mass is 35.5. The lowest BCUT2D eigenvalue weighted by atomic mass is 10.2. The number of carbonyl (C=O) groups excluding carboxylic acids is 1.